The first-order chi connectivity index (χ1) is 12.9. The summed E-state index contributed by atoms with van der Waals surface area (Å²) in [5.41, 5.74) is 1.57. The van der Waals surface area contributed by atoms with Crippen molar-refractivity contribution in [3.63, 3.8) is 0 Å². The van der Waals surface area contributed by atoms with E-state index in [1.54, 1.807) is 12.1 Å². The molecular weight excluding hydrogens is 368 g/mol. The Morgan fingerprint density at radius 3 is 2.44 bits per heavy atom. The summed E-state index contributed by atoms with van der Waals surface area (Å²) in [6.07, 6.45) is 0.924. The number of hydrogen-bond donors (Lipinski definition) is 3. The summed E-state index contributed by atoms with van der Waals surface area (Å²) < 4.78 is 10.6. The molecule has 3 N–H and O–H groups in total. The zero-order valence-corrected chi connectivity index (χ0v) is 15.8. The van der Waals surface area contributed by atoms with Gasteiger partial charge < -0.3 is 19.9 Å². The maximum absolute atomic E-state index is 12.0. The number of ether oxygens (including phenoxy) is 2. The van der Waals surface area contributed by atoms with Crippen molar-refractivity contribution in [2.45, 2.75) is 13.3 Å². The van der Waals surface area contributed by atoms with Gasteiger partial charge in [-0.05, 0) is 54.5 Å². The van der Waals surface area contributed by atoms with E-state index < -0.39 is 11.9 Å². The van der Waals surface area contributed by atoms with Gasteiger partial charge in [-0.15, -0.1) is 0 Å². The Kier molecular flexibility index (Phi) is 7.13. The van der Waals surface area contributed by atoms with Gasteiger partial charge in [0, 0.05) is 0 Å². The van der Waals surface area contributed by atoms with Crippen LogP contribution in [0.1, 0.15) is 22.8 Å². The van der Waals surface area contributed by atoms with Crippen LogP contribution >= 0.6 is 12.2 Å². The summed E-state index contributed by atoms with van der Waals surface area (Å²) in [7, 11) is 1.44. The van der Waals surface area contributed by atoms with E-state index in [-0.39, 0.29) is 17.3 Å². The topological polar surface area (TPSA) is 96.9 Å². The summed E-state index contributed by atoms with van der Waals surface area (Å²) >= 11 is 5.09. The molecule has 2 aromatic rings. The van der Waals surface area contributed by atoms with Gasteiger partial charge in [-0.2, -0.15) is 0 Å². The van der Waals surface area contributed by atoms with Crippen molar-refractivity contribution in [1.29, 1.82) is 0 Å². The summed E-state index contributed by atoms with van der Waals surface area (Å²) in [5.74, 6) is -0.556. The van der Waals surface area contributed by atoms with Crippen LogP contribution in [0.25, 0.3) is 0 Å². The van der Waals surface area contributed by atoms with E-state index in [0.29, 0.717) is 17.2 Å². The highest BCUT2D eigenvalue weighted by atomic mass is 32.1. The van der Waals surface area contributed by atoms with Gasteiger partial charge in [0.25, 0.3) is 5.91 Å². The van der Waals surface area contributed by atoms with Crippen LogP contribution in [0.4, 0.5) is 5.69 Å². The predicted octanol–water partition coefficient (Wildman–Crippen LogP) is 2.85. The quantitative estimate of drug-likeness (QED) is 0.628. The van der Waals surface area contributed by atoms with E-state index in [9.17, 15) is 9.59 Å². The molecule has 0 atom stereocenters. The van der Waals surface area contributed by atoms with Crippen LogP contribution in [-0.4, -0.2) is 35.8 Å². The summed E-state index contributed by atoms with van der Waals surface area (Å²) in [6.45, 7) is 1.85. The molecule has 0 heterocycles. The van der Waals surface area contributed by atoms with Gasteiger partial charge in [0.05, 0.1) is 18.4 Å². The van der Waals surface area contributed by atoms with Crippen LogP contribution in [0, 0.1) is 0 Å². The SMILES string of the molecule is CCc1ccc(OCC(=O)NC(=S)Nc2cc(C(=O)O)ccc2OC)cc1. The molecule has 0 radical (unpaired) electrons. The normalized spacial score (nSPS) is 10.0. The number of carbonyl (C=O) groups excluding carboxylic acids is 1. The van der Waals surface area contributed by atoms with Gasteiger partial charge in [-0.3, -0.25) is 10.1 Å². The third kappa shape index (κ3) is 5.96. The average molecular weight is 388 g/mol. The van der Waals surface area contributed by atoms with E-state index >= 15 is 0 Å². The van der Waals surface area contributed by atoms with Crippen molar-refractivity contribution < 1.29 is 24.2 Å². The minimum absolute atomic E-state index is 0.00534. The average Bonchev–Trinajstić information content (AvgIpc) is 2.66. The molecule has 0 aliphatic carbocycles. The third-order valence-electron chi connectivity index (χ3n) is 3.65. The lowest BCUT2D eigenvalue weighted by Gasteiger charge is -2.13. The minimum atomic E-state index is -1.09. The molecule has 7 nitrogen and oxygen atoms in total. The highest BCUT2D eigenvalue weighted by Gasteiger charge is 2.12. The van der Waals surface area contributed by atoms with Crippen LogP contribution < -0.4 is 20.1 Å². The van der Waals surface area contributed by atoms with Crippen LogP contribution in [0.15, 0.2) is 42.5 Å². The van der Waals surface area contributed by atoms with Crippen LogP contribution in [0.3, 0.4) is 0 Å². The first kappa shape index (κ1) is 20.2. The number of amides is 1. The Labute approximate surface area is 162 Å². The summed E-state index contributed by atoms with van der Waals surface area (Å²) in [4.78, 5) is 23.1. The van der Waals surface area contributed by atoms with Crippen molar-refractivity contribution in [2.75, 3.05) is 19.0 Å². The fourth-order valence-electron chi connectivity index (χ4n) is 2.23. The minimum Gasteiger partial charge on any atom is -0.495 e. The molecule has 8 heteroatoms. The zero-order valence-electron chi connectivity index (χ0n) is 14.9. The number of thiocarbonyl (C=S) groups is 1. The van der Waals surface area contributed by atoms with E-state index in [2.05, 4.69) is 17.6 Å². The number of aryl methyl sites for hydroxylation is 1. The summed E-state index contributed by atoms with van der Waals surface area (Å²) in [5, 5.41) is 14.3. The Morgan fingerprint density at radius 2 is 1.85 bits per heavy atom. The monoisotopic (exact) mass is 388 g/mol. The molecule has 0 bridgehead atoms. The Hall–Kier alpha value is -3.13. The van der Waals surface area contributed by atoms with Gasteiger partial charge in [-0.1, -0.05) is 19.1 Å². The molecule has 0 spiro atoms. The molecular formula is C19H20N2O5S. The molecule has 142 valence electrons. The second-order valence-electron chi connectivity index (χ2n) is 5.51. The van der Waals surface area contributed by atoms with Crippen molar-refractivity contribution in [1.82, 2.24) is 5.32 Å². The van der Waals surface area contributed by atoms with E-state index in [4.69, 9.17) is 26.8 Å². The number of rotatable bonds is 7. The molecule has 0 saturated carbocycles. The van der Waals surface area contributed by atoms with Gasteiger partial charge in [0.15, 0.2) is 11.7 Å². The second-order valence-corrected chi connectivity index (χ2v) is 5.92. The molecule has 0 saturated heterocycles. The fraction of sp³-hybridized carbons (Fsp3) is 0.211. The number of carboxylic acids is 1. The molecule has 2 aromatic carbocycles. The number of carbonyl (C=O) groups is 2. The number of benzene rings is 2. The highest BCUT2D eigenvalue weighted by molar-refractivity contribution is 7.80. The third-order valence-corrected chi connectivity index (χ3v) is 3.85. The zero-order chi connectivity index (χ0) is 19.8. The van der Waals surface area contributed by atoms with Gasteiger partial charge in [0.2, 0.25) is 0 Å². The summed E-state index contributed by atoms with van der Waals surface area (Å²) in [6, 6.07) is 11.7. The van der Waals surface area contributed by atoms with Crippen molar-refractivity contribution in [3.8, 4) is 11.5 Å². The maximum atomic E-state index is 12.0. The van der Waals surface area contributed by atoms with Crippen molar-refractivity contribution in [2.24, 2.45) is 0 Å². The Balaban J connectivity index is 1.91. The number of nitrogens with one attached hydrogen (secondary N) is 2. The molecule has 0 fully saturated rings. The van der Waals surface area contributed by atoms with E-state index in [1.807, 2.05) is 12.1 Å². The van der Waals surface area contributed by atoms with Gasteiger partial charge in [-0.25, -0.2) is 4.79 Å². The lowest BCUT2D eigenvalue weighted by atomic mass is 10.2. The number of hydrogen-bond acceptors (Lipinski definition) is 5. The Bertz CT molecular complexity index is 836. The second kappa shape index (κ2) is 9.54. The molecule has 0 aromatic heterocycles. The van der Waals surface area contributed by atoms with E-state index in [1.165, 1.54) is 30.9 Å². The number of carboxylic acid groups (broad SMARTS) is 1. The number of methoxy groups -OCH3 is 1. The molecule has 1 amide bonds. The standard InChI is InChI=1S/C19H20N2O5S/c1-3-12-4-7-14(8-5-12)26-11-17(22)21-19(27)20-15-10-13(18(23)24)6-9-16(15)25-2/h4-10H,3,11H2,1-2H3,(H,23,24)(H2,20,21,22,27). The maximum Gasteiger partial charge on any atom is 0.335 e. The molecule has 0 unspecified atom stereocenters. The Morgan fingerprint density at radius 1 is 1.15 bits per heavy atom. The first-order valence-corrected chi connectivity index (χ1v) is 8.57. The lowest BCUT2D eigenvalue weighted by Crippen LogP contribution is -2.37. The largest absolute Gasteiger partial charge is 0.495 e. The lowest BCUT2D eigenvalue weighted by molar-refractivity contribution is -0.121. The first-order valence-electron chi connectivity index (χ1n) is 8.16. The molecule has 2 rings (SSSR count). The van der Waals surface area contributed by atoms with Gasteiger partial charge in [0.1, 0.15) is 11.5 Å². The number of aromatic carboxylic acids is 1. The number of anilines is 1. The predicted molar refractivity (Wildman–Crippen MR) is 106 cm³/mol. The van der Waals surface area contributed by atoms with Gasteiger partial charge >= 0.3 is 5.97 Å². The van der Waals surface area contributed by atoms with Crippen molar-refractivity contribution in [3.05, 3.63) is 53.6 Å². The molecule has 27 heavy (non-hydrogen) atoms. The highest BCUT2D eigenvalue weighted by Crippen LogP contribution is 2.25. The van der Waals surface area contributed by atoms with Crippen LogP contribution in [0.5, 0.6) is 11.5 Å². The van der Waals surface area contributed by atoms with Crippen LogP contribution in [0.2, 0.25) is 0 Å². The smallest absolute Gasteiger partial charge is 0.335 e. The molecule has 0 aliphatic rings. The molecule has 0 aliphatic heterocycles. The van der Waals surface area contributed by atoms with Crippen LogP contribution in [-0.2, 0) is 11.2 Å². The van der Waals surface area contributed by atoms with E-state index in [0.717, 1.165) is 6.42 Å². The fourth-order valence-corrected chi connectivity index (χ4v) is 2.45. The van der Waals surface area contributed by atoms with Crippen molar-refractivity contribution >= 4 is 34.9 Å².